The van der Waals surface area contributed by atoms with Gasteiger partial charge in [0.15, 0.2) is 0 Å². The Kier molecular flexibility index (Phi) is 4.77. The van der Waals surface area contributed by atoms with E-state index in [9.17, 15) is 13.6 Å². The van der Waals surface area contributed by atoms with Crippen molar-refractivity contribution < 1.29 is 13.6 Å². The second-order valence-corrected chi connectivity index (χ2v) is 6.60. The Morgan fingerprint density at radius 3 is 2.18 bits per heavy atom. The number of hydrogen-bond donors (Lipinski definition) is 0. The zero-order valence-electron chi connectivity index (χ0n) is 15.3. The van der Waals surface area contributed by atoms with Crippen molar-refractivity contribution in [1.82, 2.24) is 19.4 Å². The van der Waals surface area contributed by atoms with Crippen LogP contribution in [0.25, 0.3) is 5.82 Å². The molecule has 1 aromatic carbocycles. The molecule has 28 heavy (non-hydrogen) atoms. The van der Waals surface area contributed by atoms with E-state index in [0.29, 0.717) is 32.0 Å². The molecule has 1 saturated heterocycles. The average molecular weight is 383 g/mol. The van der Waals surface area contributed by atoms with Crippen LogP contribution in [0.3, 0.4) is 0 Å². The first kappa shape index (κ1) is 18.1. The van der Waals surface area contributed by atoms with Gasteiger partial charge in [-0.2, -0.15) is 0 Å². The van der Waals surface area contributed by atoms with E-state index in [1.807, 2.05) is 47.0 Å². The number of carbonyl (C=O) groups is 1. The summed E-state index contributed by atoms with van der Waals surface area (Å²) in [6.45, 7) is 3.58. The van der Waals surface area contributed by atoms with Gasteiger partial charge in [0.05, 0.1) is 0 Å². The molecule has 0 spiro atoms. The van der Waals surface area contributed by atoms with Gasteiger partial charge in [0.2, 0.25) is 0 Å². The van der Waals surface area contributed by atoms with Gasteiger partial charge in [-0.1, -0.05) is 6.07 Å². The van der Waals surface area contributed by atoms with Crippen LogP contribution in [0, 0.1) is 18.6 Å². The van der Waals surface area contributed by atoms with Crippen LogP contribution >= 0.6 is 0 Å². The number of carbonyl (C=O) groups excluding carboxylic acids is 1. The lowest BCUT2D eigenvalue weighted by Crippen LogP contribution is -2.49. The molecule has 0 saturated carbocycles. The minimum atomic E-state index is -0.838. The van der Waals surface area contributed by atoms with E-state index >= 15 is 0 Å². The predicted molar refractivity (Wildman–Crippen MR) is 101 cm³/mol. The zero-order valence-corrected chi connectivity index (χ0v) is 15.3. The van der Waals surface area contributed by atoms with Crippen LogP contribution < -0.4 is 4.90 Å². The number of anilines is 1. The Morgan fingerprint density at radius 1 is 0.929 bits per heavy atom. The summed E-state index contributed by atoms with van der Waals surface area (Å²) in [6, 6.07) is 9.17. The van der Waals surface area contributed by atoms with E-state index in [1.165, 1.54) is 11.0 Å². The second-order valence-electron chi connectivity index (χ2n) is 6.60. The average Bonchev–Trinajstić information content (AvgIpc) is 3.22. The van der Waals surface area contributed by atoms with Gasteiger partial charge >= 0.3 is 0 Å². The molecule has 0 N–H and O–H groups in total. The molecular weight excluding hydrogens is 364 g/mol. The van der Waals surface area contributed by atoms with Crippen molar-refractivity contribution in [1.29, 1.82) is 0 Å². The molecule has 0 atom stereocenters. The monoisotopic (exact) mass is 383 g/mol. The van der Waals surface area contributed by atoms with Crippen molar-refractivity contribution in [3.8, 4) is 5.82 Å². The molecule has 1 aliphatic rings. The smallest absolute Gasteiger partial charge is 0.259 e. The number of halogens is 2. The molecule has 144 valence electrons. The van der Waals surface area contributed by atoms with Crippen LogP contribution in [0.2, 0.25) is 0 Å². The van der Waals surface area contributed by atoms with Gasteiger partial charge in [-0.25, -0.2) is 18.7 Å². The summed E-state index contributed by atoms with van der Waals surface area (Å²) in [6.07, 6.45) is 3.82. The maximum absolute atomic E-state index is 13.9. The molecule has 0 aliphatic carbocycles. The lowest BCUT2D eigenvalue weighted by atomic mass is 10.1. The van der Waals surface area contributed by atoms with Crippen molar-refractivity contribution in [2.75, 3.05) is 31.1 Å². The Morgan fingerprint density at radius 2 is 1.54 bits per heavy atom. The molecule has 8 heteroatoms. The van der Waals surface area contributed by atoms with E-state index in [2.05, 4.69) is 9.97 Å². The summed E-state index contributed by atoms with van der Waals surface area (Å²) in [7, 11) is 0. The SMILES string of the molecule is Cc1nc(N2CCN(C(=O)c3c(F)cccc3F)CC2)cc(-n2cccc2)n1. The molecule has 0 radical (unpaired) electrons. The molecule has 1 aliphatic heterocycles. The normalized spacial score (nSPS) is 14.4. The number of nitrogens with zero attached hydrogens (tertiary/aromatic N) is 5. The predicted octanol–water partition coefficient (Wildman–Crippen LogP) is 2.82. The summed E-state index contributed by atoms with van der Waals surface area (Å²) in [5.74, 6) is -0.125. The molecule has 1 fully saturated rings. The van der Waals surface area contributed by atoms with Crippen LogP contribution in [-0.4, -0.2) is 51.5 Å². The van der Waals surface area contributed by atoms with Gasteiger partial charge in [-0.05, 0) is 31.2 Å². The number of rotatable bonds is 3. The van der Waals surface area contributed by atoms with Crippen LogP contribution in [0.15, 0.2) is 48.8 Å². The molecule has 6 nitrogen and oxygen atoms in total. The van der Waals surface area contributed by atoms with E-state index < -0.39 is 23.1 Å². The molecule has 0 unspecified atom stereocenters. The van der Waals surface area contributed by atoms with E-state index in [-0.39, 0.29) is 0 Å². The van der Waals surface area contributed by atoms with E-state index in [4.69, 9.17) is 0 Å². The largest absolute Gasteiger partial charge is 0.353 e. The number of aromatic nitrogens is 3. The minimum absolute atomic E-state index is 0.356. The molecule has 3 heterocycles. The molecule has 4 rings (SSSR count). The van der Waals surface area contributed by atoms with Crippen molar-refractivity contribution in [2.24, 2.45) is 0 Å². The minimum Gasteiger partial charge on any atom is -0.353 e. The summed E-state index contributed by atoms with van der Waals surface area (Å²) in [5.41, 5.74) is -0.497. The number of amides is 1. The quantitative estimate of drug-likeness (QED) is 0.698. The number of benzene rings is 1. The number of hydrogen-bond acceptors (Lipinski definition) is 4. The number of aryl methyl sites for hydroxylation is 1. The first-order valence-corrected chi connectivity index (χ1v) is 9.00. The van der Waals surface area contributed by atoms with Gasteiger partial charge in [0.25, 0.3) is 5.91 Å². The third kappa shape index (κ3) is 3.45. The van der Waals surface area contributed by atoms with Crippen LogP contribution in [0.1, 0.15) is 16.2 Å². The van der Waals surface area contributed by atoms with Crippen molar-refractivity contribution in [3.63, 3.8) is 0 Å². The van der Waals surface area contributed by atoms with Gasteiger partial charge < -0.3 is 14.4 Å². The first-order valence-electron chi connectivity index (χ1n) is 9.00. The standard InChI is InChI=1S/C20H19F2N5O/c1-14-23-17(25-7-2-3-8-25)13-18(24-14)26-9-11-27(12-10-26)20(28)19-15(21)5-4-6-16(19)22/h2-8,13H,9-12H2,1H3. The van der Waals surface area contributed by atoms with Gasteiger partial charge in [-0.3, -0.25) is 4.79 Å². The van der Waals surface area contributed by atoms with E-state index in [0.717, 1.165) is 23.8 Å². The van der Waals surface area contributed by atoms with Crippen LogP contribution in [0.4, 0.5) is 14.6 Å². The van der Waals surface area contributed by atoms with Gasteiger partial charge in [0.1, 0.15) is 34.7 Å². The summed E-state index contributed by atoms with van der Waals surface area (Å²) < 4.78 is 29.7. The molecule has 3 aromatic rings. The van der Waals surface area contributed by atoms with Crippen LogP contribution in [-0.2, 0) is 0 Å². The third-order valence-electron chi connectivity index (χ3n) is 4.75. The van der Waals surface area contributed by atoms with Crippen molar-refractivity contribution in [2.45, 2.75) is 6.92 Å². The van der Waals surface area contributed by atoms with Crippen molar-refractivity contribution >= 4 is 11.7 Å². The number of piperazine rings is 1. The highest BCUT2D eigenvalue weighted by Gasteiger charge is 2.27. The highest BCUT2D eigenvalue weighted by atomic mass is 19.1. The van der Waals surface area contributed by atoms with Gasteiger partial charge in [0, 0.05) is 44.6 Å². The van der Waals surface area contributed by atoms with Crippen molar-refractivity contribution in [3.05, 3.63) is 71.8 Å². The topological polar surface area (TPSA) is 54.3 Å². The van der Waals surface area contributed by atoms with E-state index in [1.54, 1.807) is 0 Å². The highest BCUT2D eigenvalue weighted by Crippen LogP contribution is 2.20. The molecule has 0 bridgehead atoms. The highest BCUT2D eigenvalue weighted by molar-refractivity contribution is 5.95. The Labute approximate surface area is 161 Å². The molecular formula is C20H19F2N5O. The lowest BCUT2D eigenvalue weighted by Gasteiger charge is -2.35. The second kappa shape index (κ2) is 7.38. The first-order chi connectivity index (χ1) is 13.5. The summed E-state index contributed by atoms with van der Waals surface area (Å²) in [5, 5.41) is 0. The molecule has 2 aromatic heterocycles. The fraction of sp³-hybridized carbons (Fsp3) is 0.250. The Balaban J connectivity index is 1.50. The summed E-state index contributed by atoms with van der Waals surface area (Å²) >= 11 is 0. The van der Waals surface area contributed by atoms with Crippen LogP contribution in [0.5, 0.6) is 0 Å². The molecule has 1 amide bonds. The third-order valence-corrected chi connectivity index (χ3v) is 4.75. The summed E-state index contributed by atoms with van der Waals surface area (Å²) in [4.78, 5) is 25.0. The maximum Gasteiger partial charge on any atom is 0.259 e. The fourth-order valence-corrected chi connectivity index (χ4v) is 3.32. The lowest BCUT2D eigenvalue weighted by molar-refractivity contribution is 0.0736. The fourth-order valence-electron chi connectivity index (χ4n) is 3.32. The Bertz CT molecular complexity index is 978. The van der Waals surface area contributed by atoms with Gasteiger partial charge in [-0.15, -0.1) is 0 Å². The maximum atomic E-state index is 13.9. The zero-order chi connectivity index (χ0) is 19.7. The Hall–Kier alpha value is -3.29.